The lowest BCUT2D eigenvalue weighted by atomic mass is 10.1. The normalized spacial score (nSPS) is 12.4. The van der Waals surface area contributed by atoms with Crippen molar-refractivity contribution in [1.29, 1.82) is 0 Å². The summed E-state index contributed by atoms with van der Waals surface area (Å²) in [5.74, 6) is 1.46. The third-order valence-corrected chi connectivity index (χ3v) is 4.05. The summed E-state index contributed by atoms with van der Waals surface area (Å²) in [6.45, 7) is 8.92. The van der Waals surface area contributed by atoms with Gasteiger partial charge in [-0.1, -0.05) is 19.1 Å². The van der Waals surface area contributed by atoms with E-state index in [4.69, 9.17) is 16.3 Å². The predicted molar refractivity (Wildman–Crippen MR) is 87.0 cm³/mol. The highest BCUT2D eigenvalue weighted by Gasteiger charge is 2.09. The molecule has 0 N–H and O–H groups in total. The van der Waals surface area contributed by atoms with Gasteiger partial charge in [-0.2, -0.15) is 5.10 Å². The van der Waals surface area contributed by atoms with Gasteiger partial charge in [0.15, 0.2) is 0 Å². The van der Waals surface area contributed by atoms with Gasteiger partial charge in [-0.25, -0.2) is 0 Å². The Bertz CT molecular complexity index is 584. The van der Waals surface area contributed by atoms with Crippen LogP contribution in [0.25, 0.3) is 0 Å². The minimum absolute atomic E-state index is 0.422. The van der Waals surface area contributed by atoms with Crippen LogP contribution < -0.4 is 4.74 Å². The van der Waals surface area contributed by atoms with Gasteiger partial charge in [-0.15, -0.1) is 11.6 Å². The van der Waals surface area contributed by atoms with Crippen molar-refractivity contribution in [2.75, 3.05) is 0 Å². The van der Waals surface area contributed by atoms with Crippen molar-refractivity contribution in [3.63, 3.8) is 0 Å². The van der Waals surface area contributed by atoms with E-state index < -0.39 is 0 Å². The van der Waals surface area contributed by atoms with Gasteiger partial charge in [0.2, 0.25) is 0 Å². The zero-order chi connectivity index (χ0) is 15.4. The highest BCUT2D eigenvalue weighted by molar-refractivity contribution is 6.17. The quantitative estimate of drug-likeness (QED) is 0.718. The average Bonchev–Trinajstić information content (AvgIpc) is 2.94. The van der Waals surface area contributed by atoms with E-state index in [1.165, 1.54) is 0 Å². The Hall–Kier alpha value is -1.48. The molecule has 1 unspecified atom stereocenters. The Balaban J connectivity index is 2.08. The van der Waals surface area contributed by atoms with Crippen molar-refractivity contribution in [2.24, 2.45) is 0 Å². The zero-order valence-electron chi connectivity index (χ0n) is 13.2. The standard InChI is InChI=1S/C17H23ClN2O/c1-5-14(4)20-7-6-16(19-20)11-21-17-12(2)8-15(10-18)9-13(17)3/h6-9,14H,5,10-11H2,1-4H3. The van der Waals surface area contributed by atoms with Crippen LogP contribution in [0, 0.1) is 13.8 Å². The maximum atomic E-state index is 5.96. The van der Waals surface area contributed by atoms with Gasteiger partial charge in [-0.3, -0.25) is 4.68 Å². The lowest BCUT2D eigenvalue weighted by Crippen LogP contribution is -2.06. The van der Waals surface area contributed by atoms with E-state index in [0.717, 1.165) is 34.6 Å². The number of rotatable bonds is 6. The fraction of sp³-hybridized carbons (Fsp3) is 0.471. The van der Waals surface area contributed by atoms with E-state index in [2.05, 4.69) is 44.9 Å². The molecular formula is C17H23ClN2O. The Kier molecular flexibility index (Phi) is 5.29. The predicted octanol–water partition coefficient (Wildman–Crippen LogP) is 4.79. The number of alkyl halides is 1. The average molecular weight is 307 g/mol. The van der Waals surface area contributed by atoms with Crippen molar-refractivity contribution in [3.05, 3.63) is 46.8 Å². The number of nitrogens with zero attached hydrogens (tertiary/aromatic N) is 2. The van der Waals surface area contributed by atoms with Crippen molar-refractivity contribution < 1.29 is 4.74 Å². The molecule has 0 aliphatic heterocycles. The van der Waals surface area contributed by atoms with E-state index in [1.54, 1.807) is 0 Å². The van der Waals surface area contributed by atoms with Gasteiger partial charge >= 0.3 is 0 Å². The van der Waals surface area contributed by atoms with Gasteiger partial charge in [0.25, 0.3) is 0 Å². The van der Waals surface area contributed by atoms with Crippen LogP contribution in [0.1, 0.15) is 48.7 Å². The first-order valence-electron chi connectivity index (χ1n) is 7.38. The third-order valence-electron chi connectivity index (χ3n) is 3.74. The third kappa shape index (κ3) is 3.79. The summed E-state index contributed by atoms with van der Waals surface area (Å²) in [5.41, 5.74) is 4.31. The summed E-state index contributed by atoms with van der Waals surface area (Å²) in [5, 5.41) is 4.56. The molecule has 1 atom stereocenters. The van der Waals surface area contributed by atoms with Gasteiger partial charge < -0.3 is 4.74 Å². The summed E-state index contributed by atoms with van der Waals surface area (Å²) in [4.78, 5) is 0. The molecule has 4 heteroatoms. The minimum Gasteiger partial charge on any atom is -0.487 e. The van der Waals surface area contributed by atoms with Gasteiger partial charge in [-0.05, 0) is 49.9 Å². The Morgan fingerprint density at radius 2 is 1.95 bits per heavy atom. The molecule has 2 rings (SSSR count). The van der Waals surface area contributed by atoms with Crippen LogP contribution in [-0.4, -0.2) is 9.78 Å². The second-order valence-corrected chi connectivity index (χ2v) is 5.79. The van der Waals surface area contributed by atoms with Gasteiger partial charge in [0.1, 0.15) is 12.4 Å². The van der Waals surface area contributed by atoms with Crippen LogP contribution in [-0.2, 0) is 12.5 Å². The number of hydrogen-bond donors (Lipinski definition) is 0. The molecule has 0 aliphatic carbocycles. The molecule has 21 heavy (non-hydrogen) atoms. The summed E-state index contributed by atoms with van der Waals surface area (Å²) in [6.07, 6.45) is 3.09. The number of hydrogen-bond acceptors (Lipinski definition) is 2. The zero-order valence-corrected chi connectivity index (χ0v) is 13.9. The molecule has 0 aliphatic rings. The van der Waals surface area contributed by atoms with Gasteiger partial charge in [0, 0.05) is 18.1 Å². The summed E-state index contributed by atoms with van der Waals surface area (Å²) in [6, 6.07) is 6.59. The SMILES string of the molecule is CCC(C)n1ccc(COc2c(C)cc(CCl)cc2C)n1. The van der Waals surface area contributed by atoms with E-state index in [0.29, 0.717) is 18.5 Å². The molecule has 0 spiro atoms. The number of benzene rings is 1. The highest BCUT2D eigenvalue weighted by Crippen LogP contribution is 2.26. The molecule has 3 nitrogen and oxygen atoms in total. The molecule has 1 aromatic heterocycles. The van der Waals surface area contributed by atoms with E-state index in [9.17, 15) is 0 Å². The van der Waals surface area contributed by atoms with E-state index >= 15 is 0 Å². The van der Waals surface area contributed by atoms with Crippen molar-refractivity contribution >= 4 is 11.6 Å². The number of ether oxygens (including phenoxy) is 1. The fourth-order valence-electron chi connectivity index (χ4n) is 2.38. The van der Waals surface area contributed by atoms with Crippen LogP contribution >= 0.6 is 11.6 Å². The fourth-order valence-corrected chi connectivity index (χ4v) is 2.53. The molecule has 1 heterocycles. The second kappa shape index (κ2) is 6.99. The highest BCUT2D eigenvalue weighted by atomic mass is 35.5. The molecule has 0 saturated carbocycles. The first kappa shape index (κ1) is 15.9. The smallest absolute Gasteiger partial charge is 0.132 e. The van der Waals surface area contributed by atoms with Crippen LogP contribution in [0.4, 0.5) is 0 Å². The second-order valence-electron chi connectivity index (χ2n) is 5.53. The maximum Gasteiger partial charge on any atom is 0.132 e. The number of aromatic nitrogens is 2. The molecule has 0 bridgehead atoms. The molecule has 0 amide bonds. The maximum absolute atomic E-state index is 5.96. The molecular weight excluding hydrogens is 284 g/mol. The van der Waals surface area contributed by atoms with Crippen LogP contribution in [0.3, 0.4) is 0 Å². The molecule has 0 radical (unpaired) electrons. The first-order valence-corrected chi connectivity index (χ1v) is 7.91. The number of aryl methyl sites for hydroxylation is 2. The Morgan fingerprint density at radius 1 is 1.29 bits per heavy atom. The number of halogens is 1. The van der Waals surface area contributed by atoms with Crippen LogP contribution in [0.15, 0.2) is 24.4 Å². The molecule has 0 saturated heterocycles. The van der Waals surface area contributed by atoms with Gasteiger partial charge in [0.05, 0.1) is 5.69 Å². The molecule has 0 fully saturated rings. The topological polar surface area (TPSA) is 27.1 Å². The molecule has 1 aromatic carbocycles. The lowest BCUT2D eigenvalue weighted by Gasteiger charge is -2.13. The monoisotopic (exact) mass is 306 g/mol. The summed E-state index contributed by atoms with van der Waals surface area (Å²) >= 11 is 5.89. The van der Waals surface area contributed by atoms with E-state index in [-0.39, 0.29) is 0 Å². The first-order chi connectivity index (χ1) is 10.0. The van der Waals surface area contributed by atoms with Crippen molar-refractivity contribution in [1.82, 2.24) is 9.78 Å². The van der Waals surface area contributed by atoms with E-state index in [1.807, 2.05) is 16.9 Å². The largest absolute Gasteiger partial charge is 0.487 e. The lowest BCUT2D eigenvalue weighted by molar-refractivity contribution is 0.294. The summed E-state index contributed by atoms with van der Waals surface area (Å²) < 4.78 is 7.96. The Labute approximate surface area is 131 Å². The minimum atomic E-state index is 0.422. The van der Waals surface area contributed by atoms with Crippen molar-refractivity contribution in [2.45, 2.75) is 52.6 Å². The Morgan fingerprint density at radius 3 is 2.52 bits per heavy atom. The summed E-state index contributed by atoms with van der Waals surface area (Å²) in [7, 11) is 0. The molecule has 114 valence electrons. The molecule has 2 aromatic rings. The van der Waals surface area contributed by atoms with Crippen LogP contribution in [0.5, 0.6) is 5.75 Å². The van der Waals surface area contributed by atoms with Crippen LogP contribution in [0.2, 0.25) is 0 Å². The van der Waals surface area contributed by atoms with Crippen molar-refractivity contribution in [3.8, 4) is 5.75 Å².